The maximum atomic E-state index is 14.5. The van der Waals surface area contributed by atoms with Crippen LogP contribution in [0.4, 0.5) is 4.39 Å². The summed E-state index contributed by atoms with van der Waals surface area (Å²) in [6.45, 7) is 1.10. The van der Waals surface area contributed by atoms with Gasteiger partial charge in [0, 0.05) is 25.1 Å². The van der Waals surface area contributed by atoms with Gasteiger partial charge in [0.15, 0.2) is 0 Å². The number of benzene rings is 1. The third-order valence-electron chi connectivity index (χ3n) is 7.61. The molecule has 1 unspecified atom stereocenters. The quantitative estimate of drug-likeness (QED) is 0.868. The number of amides is 2. The number of nitrogens with zero attached hydrogens (tertiary/aromatic N) is 3. The van der Waals surface area contributed by atoms with Crippen LogP contribution in [0.2, 0.25) is 0 Å². The molecule has 2 amide bonds. The highest BCUT2D eigenvalue weighted by molar-refractivity contribution is 5.98. The van der Waals surface area contributed by atoms with E-state index in [4.69, 9.17) is 0 Å². The van der Waals surface area contributed by atoms with Gasteiger partial charge < -0.3 is 14.8 Å². The van der Waals surface area contributed by atoms with E-state index in [0.717, 1.165) is 12.8 Å². The fourth-order valence-corrected chi connectivity index (χ4v) is 5.99. The molecule has 6 rings (SSSR count). The predicted octanol–water partition coefficient (Wildman–Crippen LogP) is 2.71. The van der Waals surface area contributed by atoms with E-state index in [0.29, 0.717) is 35.4 Å². The normalized spacial score (nSPS) is 30.0. The molecule has 2 saturated heterocycles. The van der Waals surface area contributed by atoms with Crippen LogP contribution in [0.3, 0.4) is 0 Å². The van der Waals surface area contributed by atoms with E-state index in [-0.39, 0.29) is 29.5 Å². The molecule has 1 N–H and O–H groups in total. The molecule has 2 aliphatic heterocycles. The number of hydrogen-bond donors (Lipinski definition) is 1. The highest BCUT2D eigenvalue weighted by Gasteiger charge is 2.61. The van der Waals surface area contributed by atoms with Gasteiger partial charge in [-0.1, -0.05) is 12.8 Å². The number of nitrogens with one attached hydrogen (secondary N) is 1. The van der Waals surface area contributed by atoms with Crippen molar-refractivity contribution in [1.29, 1.82) is 0 Å². The molecule has 3 heterocycles. The number of piperazine rings is 1. The van der Waals surface area contributed by atoms with Crippen LogP contribution in [-0.4, -0.2) is 56.8 Å². The molecule has 1 aromatic carbocycles. The van der Waals surface area contributed by atoms with Gasteiger partial charge in [-0.15, -0.1) is 0 Å². The van der Waals surface area contributed by atoms with Crippen LogP contribution >= 0.6 is 0 Å². The van der Waals surface area contributed by atoms with Crippen LogP contribution in [0.25, 0.3) is 11.0 Å². The van der Waals surface area contributed by atoms with Gasteiger partial charge in [-0.2, -0.15) is 0 Å². The Bertz CT molecular complexity index is 995. The molecule has 146 valence electrons. The van der Waals surface area contributed by atoms with E-state index in [1.165, 1.54) is 44.1 Å². The average molecular weight is 382 g/mol. The summed E-state index contributed by atoms with van der Waals surface area (Å²) in [5.74, 6) is -0.317. The predicted molar refractivity (Wildman–Crippen MR) is 100 cm³/mol. The molecular formula is C21H23FN4O2. The lowest BCUT2D eigenvalue weighted by Crippen LogP contribution is -2.51. The van der Waals surface area contributed by atoms with Crippen molar-refractivity contribution in [3.8, 4) is 0 Å². The summed E-state index contributed by atoms with van der Waals surface area (Å²) in [4.78, 5) is 36.8. The summed E-state index contributed by atoms with van der Waals surface area (Å²) >= 11 is 0. The molecule has 4 fully saturated rings. The molecule has 2 aliphatic carbocycles. The number of hydrogen-bond acceptors (Lipinski definition) is 3. The molecule has 1 spiro atoms. The standard InChI is InChI=1S/C21H23FN4O2/c22-16-7-18-17(23-11-24-18)6-14(16)19(27)25-9-13-5-12(25)10-26(13)20(28)15-8-21(15)3-1-2-4-21/h6-7,11-13,15H,1-5,8-10H2,(H,23,24)/t12-,13-,15?/m0/s1. The molecule has 2 aromatic rings. The smallest absolute Gasteiger partial charge is 0.257 e. The van der Waals surface area contributed by atoms with Gasteiger partial charge in [0.2, 0.25) is 5.91 Å². The molecule has 7 heteroatoms. The van der Waals surface area contributed by atoms with Crippen LogP contribution in [0.15, 0.2) is 18.5 Å². The Hall–Kier alpha value is -2.44. The Morgan fingerprint density at radius 3 is 2.64 bits per heavy atom. The summed E-state index contributed by atoms with van der Waals surface area (Å²) in [7, 11) is 0. The van der Waals surface area contributed by atoms with Gasteiger partial charge >= 0.3 is 0 Å². The Balaban J connectivity index is 1.18. The van der Waals surface area contributed by atoms with Gasteiger partial charge in [0.25, 0.3) is 5.91 Å². The van der Waals surface area contributed by atoms with Crippen molar-refractivity contribution >= 4 is 22.8 Å². The van der Waals surface area contributed by atoms with Gasteiger partial charge in [-0.05, 0) is 37.2 Å². The number of likely N-dealkylation sites (tertiary alicyclic amines) is 2. The van der Waals surface area contributed by atoms with Crippen molar-refractivity contribution in [2.45, 2.75) is 50.6 Å². The summed E-state index contributed by atoms with van der Waals surface area (Å²) in [5.41, 5.74) is 1.54. The Kier molecular flexibility index (Phi) is 3.27. The zero-order chi connectivity index (χ0) is 19.0. The molecule has 1 aromatic heterocycles. The summed E-state index contributed by atoms with van der Waals surface area (Å²) < 4.78 is 14.5. The maximum absolute atomic E-state index is 14.5. The van der Waals surface area contributed by atoms with E-state index in [1.54, 1.807) is 4.90 Å². The molecule has 2 saturated carbocycles. The molecule has 3 atom stereocenters. The number of halogens is 1. The van der Waals surface area contributed by atoms with E-state index in [2.05, 4.69) is 9.97 Å². The first kappa shape index (κ1) is 16.5. The van der Waals surface area contributed by atoms with Crippen molar-refractivity contribution in [1.82, 2.24) is 19.8 Å². The van der Waals surface area contributed by atoms with Gasteiger partial charge in [-0.3, -0.25) is 9.59 Å². The average Bonchev–Trinajstić information content (AvgIpc) is 3.21. The van der Waals surface area contributed by atoms with Crippen molar-refractivity contribution in [3.63, 3.8) is 0 Å². The molecular weight excluding hydrogens is 359 g/mol. The lowest BCUT2D eigenvalue weighted by molar-refractivity contribution is -0.135. The molecule has 28 heavy (non-hydrogen) atoms. The number of carbonyl (C=O) groups excluding carboxylic acids is 2. The monoisotopic (exact) mass is 382 g/mol. The Morgan fingerprint density at radius 2 is 1.89 bits per heavy atom. The highest BCUT2D eigenvalue weighted by Crippen LogP contribution is 2.63. The second kappa shape index (κ2) is 5.55. The third kappa shape index (κ3) is 2.22. The summed E-state index contributed by atoms with van der Waals surface area (Å²) in [5, 5.41) is 0. The topological polar surface area (TPSA) is 69.3 Å². The Morgan fingerprint density at radius 1 is 1.14 bits per heavy atom. The minimum Gasteiger partial charge on any atom is -0.345 e. The van der Waals surface area contributed by atoms with Crippen LogP contribution in [-0.2, 0) is 4.79 Å². The SMILES string of the molecule is O=C(c1cc2nc[nH]c2cc1F)N1C[C@@H]2C[C@H]1CN2C(=O)C1CC12CCCC2. The van der Waals surface area contributed by atoms with Crippen LogP contribution in [0.1, 0.15) is 48.9 Å². The van der Waals surface area contributed by atoms with E-state index < -0.39 is 5.82 Å². The first-order valence-electron chi connectivity index (χ1n) is 10.3. The van der Waals surface area contributed by atoms with Crippen molar-refractivity contribution in [2.24, 2.45) is 11.3 Å². The number of H-pyrrole nitrogens is 1. The minimum absolute atomic E-state index is 0.00555. The zero-order valence-corrected chi connectivity index (χ0v) is 15.7. The molecule has 0 radical (unpaired) electrons. The number of carbonyl (C=O) groups is 2. The first-order chi connectivity index (χ1) is 13.6. The minimum atomic E-state index is -0.529. The van der Waals surface area contributed by atoms with Crippen molar-refractivity contribution in [2.75, 3.05) is 13.1 Å². The first-order valence-corrected chi connectivity index (χ1v) is 10.3. The third-order valence-corrected chi connectivity index (χ3v) is 7.61. The van der Waals surface area contributed by atoms with Crippen molar-refractivity contribution in [3.05, 3.63) is 29.8 Å². The number of aromatic nitrogens is 2. The lowest BCUT2D eigenvalue weighted by atomic mass is 10.0. The molecule has 4 aliphatic rings. The lowest BCUT2D eigenvalue weighted by Gasteiger charge is -2.35. The number of rotatable bonds is 2. The van der Waals surface area contributed by atoms with E-state index in [1.807, 2.05) is 4.90 Å². The molecule has 2 bridgehead atoms. The number of aromatic amines is 1. The molecule has 6 nitrogen and oxygen atoms in total. The van der Waals surface area contributed by atoms with E-state index >= 15 is 0 Å². The fourth-order valence-electron chi connectivity index (χ4n) is 5.99. The van der Waals surface area contributed by atoms with Crippen LogP contribution in [0.5, 0.6) is 0 Å². The van der Waals surface area contributed by atoms with Crippen LogP contribution in [0, 0.1) is 17.2 Å². The maximum Gasteiger partial charge on any atom is 0.257 e. The summed E-state index contributed by atoms with van der Waals surface area (Å²) in [6, 6.07) is 2.92. The number of imidazole rings is 1. The van der Waals surface area contributed by atoms with Crippen molar-refractivity contribution < 1.29 is 14.0 Å². The number of fused-ring (bicyclic) bond motifs is 3. The largest absolute Gasteiger partial charge is 0.345 e. The fraction of sp³-hybridized carbons (Fsp3) is 0.571. The van der Waals surface area contributed by atoms with Gasteiger partial charge in [0.05, 0.1) is 35.0 Å². The Labute approximate surface area is 162 Å². The van der Waals surface area contributed by atoms with Crippen LogP contribution < -0.4 is 0 Å². The second-order valence-electron chi connectivity index (χ2n) is 9.07. The van der Waals surface area contributed by atoms with E-state index in [9.17, 15) is 14.0 Å². The van der Waals surface area contributed by atoms with Gasteiger partial charge in [0.1, 0.15) is 5.82 Å². The highest BCUT2D eigenvalue weighted by atomic mass is 19.1. The zero-order valence-electron chi connectivity index (χ0n) is 15.7. The summed E-state index contributed by atoms with van der Waals surface area (Å²) in [6.07, 6.45) is 8.26. The second-order valence-corrected chi connectivity index (χ2v) is 9.07. The van der Waals surface area contributed by atoms with Gasteiger partial charge in [-0.25, -0.2) is 9.37 Å².